The predicted octanol–water partition coefficient (Wildman–Crippen LogP) is 2.61. The molecular weight excluding hydrogens is 264 g/mol. The lowest BCUT2D eigenvalue weighted by Crippen LogP contribution is -2.29. The highest BCUT2D eigenvalue weighted by atomic mass is 32.1. The molecule has 1 aliphatic carbocycles. The van der Waals surface area contributed by atoms with E-state index in [1.165, 1.54) is 11.5 Å². The summed E-state index contributed by atoms with van der Waals surface area (Å²) < 4.78 is 15.1. The zero-order valence-electron chi connectivity index (χ0n) is 11.6. The Hall–Kier alpha value is -1.14. The number of aromatic nitrogens is 1. The summed E-state index contributed by atoms with van der Waals surface area (Å²) in [7, 11) is 3.49. The van der Waals surface area contributed by atoms with E-state index >= 15 is 0 Å². The van der Waals surface area contributed by atoms with E-state index in [0.717, 1.165) is 36.4 Å². The van der Waals surface area contributed by atoms with Crippen molar-refractivity contribution < 1.29 is 14.3 Å². The monoisotopic (exact) mass is 284 g/mol. The van der Waals surface area contributed by atoms with E-state index in [1.54, 1.807) is 14.2 Å². The third-order valence-electron chi connectivity index (χ3n) is 3.48. The first-order chi connectivity index (χ1) is 9.15. The van der Waals surface area contributed by atoms with Crippen LogP contribution >= 0.6 is 11.5 Å². The molecule has 0 saturated heterocycles. The van der Waals surface area contributed by atoms with Crippen molar-refractivity contribution in [3.8, 4) is 0 Å². The second-order valence-corrected chi connectivity index (χ2v) is 5.55. The van der Waals surface area contributed by atoms with Gasteiger partial charge in [-0.1, -0.05) is 0 Å². The number of carbonyl (C=O) groups excluding carboxylic acids is 1. The molecule has 5 nitrogen and oxygen atoms in total. The van der Waals surface area contributed by atoms with Crippen LogP contribution in [-0.2, 0) is 9.47 Å². The molecule has 0 radical (unpaired) electrons. The Labute approximate surface area is 117 Å². The van der Waals surface area contributed by atoms with E-state index in [-0.39, 0.29) is 18.2 Å². The van der Waals surface area contributed by atoms with E-state index in [0.29, 0.717) is 5.56 Å². The Balaban J connectivity index is 2.02. The van der Waals surface area contributed by atoms with Crippen LogP contribution in [0.25, 0.3) is 0 Å². The molecule has 2 unspecified atom stereocenters. The number of anilines is 1. The van der Waals surface area contributed by atoms with Crippen LogP contribution in [-0.4, -0.2) is 36.7 Å². The van der Waals surface area contributed by atoms with Crippen molar-refractivity contribution in [3.63, 3.8) is 0 Å². The molecular formula is C13H20N2O3S. The Morgan fingerprint density at radius 1 is 1.42 bits per heavy atom. The fourth-order valence-electron chi connectivity index (χ4n) is 2.41. The summed E-state index contributed by atoms with van der Waals surface area (Å²) in [4.78, 5) is 12.2. The maximum atomic E-state index is 12.2. The molecule has 6 heteroatoms. The third kappa shape index (κ3) is 3.25. The van der Waals surface area contributed by atoms with Gasteiger partial charge in [0.1, 0.15) is 16.7 Å². The smallest absolute Gasteiger partial charge is 0.343 e. The molecule has 2 atom stereocenters. The van der Waals surface area contributed by atoms with Crippen LogP contribution in [0.1, 0.15) is 41.7 Å². The van der Waals surface area contributed by atoms with Gasteiger partial charge in [0.15, 0.2) is 0 Å². The molecule has 1 heterocycles. The Morgan fingerprint density at radius 3 is 2.84 bits per heavy atom. The molecule has 2 rings (SSSR count). The Morgan fingerprint density at radius 2 is 2.16 bits per heavy atom. The first-order valence-corrected chi connectivity index (χ1v) is 7.30. The van der Waals surface area contributed by atoms with Crippen LogP contribution in [0.5, 0.6) is 0 Å². The lowest BCUT2D eigenvalue weighted by molar-refractivity contribution is -0.0148. The summed E-state index contributed by atoms with van der Waals surface area (Å²) >= 11 is 1.28. The zero-order valence-corrected chi connectivity index (χ0v) is 12.4. The minimum absolute atomic E-state index is 0.0461. The van der Waals surface area contributed by atoms with Gasteiger partial charge in [-0.3, -0.25) is 0 Å². The van der Waals surface area contributed by atoms with Crippen molar-refractivity contribution in [2.45, 2.75) is 44.8 Å². The molecule has 106 valence electrons. The van der Waals surface area contributed by atoms with Crippen LogP contribution < -0.4 is 5.32 Å². The molecule has 1 N–H and O–H groups in total. The number of hydrogen-bond acceptors (Lipinski definition) is 6. The van der Waals surface area contributed by atoms with Gasteiger partial charge < -0.3 is 14.8 Å². The standard InChI is InChI=1S/C13H20N2O3S/c1-8-11(12(14-2)19-15-8)13(16)18-10-6-4-5-9(7-10)17-3/h9-10,14H,4-7H2,1-3H3. The first kappa shape index (κ1) is 14.3. The van der Waals surface area contributed by atoms with Crippen molar-refractivity contribution in [1.82, 2.24) is 4.37 Å². The highest BCUT2D eigenvalue weighted by Crippen LogP contribution is 2.28. The molecule has 0 aromatic carbocycles. The SMILES string of the molecule is CNc1snc(C)c1C(=O)OC1CCCC(OC)C1. The average Bonchev–Trinajstić information content (AvgIpc) is 2.80. The first-order valence-electron chi connectivity index (χ1n) is 6.53. The molecule has 0 spiro atoms. The highest BCUT2D eigenvalue weighted by Gasteiger charge is 2.27. The number of rotatable bonds is 4. The zero-order chi connectivity index (χ0) is 13.8. The van der Waals surface area contributed by atoms with Gasteiger partial charge in [0.25, 0.3) is 0 Å². The molecule has 1 saturated carbocycles. The largest absolute Gasteiger partial charge is 0.459 e. The molecule has 0 aliphatic heterocycles. The molecule has 1 aliphatic rings. The van der Waals surface area contributed by atoms with Crippen LogP contribution in [0.15, 0.2) is 0 Å². The van der Waals surface area contributed by atoms with Crippen LogP contribution in [0.2, 0.25) is 0 Å². The number of carbonyl (C=O) groups is 1. The molecule has 19 heavy (non-hydrogen) atoms. The van der Waals surface area contributed by atoms with Crippen LogP contribution in [0.3, 0.4) is 0 Å². The highest BCUT2D eigenvalue weighted by molar-refractivity contribution is 7.10. The quantitative estimate of drug-likeness (QED) is 0.861. The van der Waals surface area contributed by atoms with Gasteiger partial charge >= 0.3 is 5.97 Å². The number of methoxy groups -OCH3 is 1. The van der Waals surface area contributed by atoms with E-state index in [9.17, 15) is 4.79 Å². The summed E-state index contributed by atoms with van der Waals surface area (Å²) in [5.41, 5.74) is 1.28. The van der Waals surface area contributed by atoms with Gasteiger partial charge in [-0.15, -0.1) is 0 Å². The summed E-state index contributed by atoms with van der Waals surface area (Å²) in [5, 5.41) is 3.75. The normalized spacial score (nSPS) is 23.1. The van der Waals surface area contributed by atoms with Crippen molar-refractivity contribution in [2.75, 3.05) is 19.5 Å². The molecule has 0 bridgehead atoms. The van der Waals surface area contributed by atoms with Crippen molar-refractivity contribution in [1.29, 1.82) is 0 Å². The van der Waals surface area contributed by atoms with Gasteiger partial charge in [-0.05, 0) is 37.7 Å². The van der Waals surface area contributed by atoms with Gasteiger partial charge in [0.2, 0.25) is 0 Å². The Bertz CT molecular complexity index is 447. The van der Waals surface area contributed by atoms with E-state index in [4.69, 9.17) is 9.47 Å². The van der Waals surface area contributed by atoms with Gasteiger partial charge in [-0.25, -0.2) is 4.79 Å². The minimum Gasteiger partial charge on any atom is -0.459 e. The van der Waals surface area contributed by atoms with Crippen LogP contribution in [0.4, 0.5) is 5.00 Å². The molecule has 1 fully saturated rings. The van der Waals surface area contributed by atoms with Crippen molar-refractivity contribution in [2.24, 2.45) is 0 Å². The summed E-state index contributed by atoms with van der Waals surface area (Å²) in [6.45, 7) is 1.83. The lowest BCUT2D eigenvalue weighted by atomic mass is 9.95. The maximum absolute atomic E-state index is 12.2. The lowest BCUT2D eigenvalue weighted by Gasteiger charge is -2.27. The second-order valence-electron chi connectivity index (χ2n) is 4.77. The van der Waals surface area contributed by atoms with E-state index < -0.39 is 0 Å². The van der Waals surface area contributed by atoms with Crippen molar-refractivity contribution >= 4 is 22.5 Å². The fourth-order valence-corrected chi connectivity index (χ4v) is 3.15. The van der Waals surface area contributed by atoms with Gasteiger partial charge in [0.05, 0.1) is 11.8 Å². The number of nitrogens with zero attached hydrogens (tertiary/aromatic N) is 1. The number of ether oxygens (including phenoxy) is 2. The van der Waals surface area contributed by atoms with Gasteiger partial charge in [-0.2, -0.15) is 4.37 Å². The third-order valence-corrected chi connectivity index (χ3v) is 4.43. The summed E-state index contributed by atoms with van der Waals surface area (Å²) in [6.07, 6.45) is 3.94. The van der Waals surface area contributed by atoms with E-state index in [1.807, 2.05) is 6.92 Å². The number of aryl methyl sites for hydroxylation is 1. The number of nitrogens with one attached hydrogen (secondary N) is 1. The summed E-state index contributed by atoms with van der Waals surface area (Å²) in [6, 6.07) is 0. The topological polar surface area (TPSA) is 60.5 Å². The number of esters is 1. The molecule has 0 amide bonds. The molecule has 1 aromatic rings. The number of hydrogen-bond donors (Lipinski definition) is 1. The second kappa shape index (κ2) is 6.34. The summed E-state index contributed by atoms with van der Waals surface area (Å²) in [5.74, 6) is -0.280. The Kier molecular flexibility index (Phi) is 4.76. The molecule has 1 aromatic heterocycles. The maximum Gasteiger partial charge on any atom is 0.343 e. The van der Waals surface area contributed by atoms with Crippen molar-refractivity contribution in [3.05, 3.63) is 11.3 Å². The van der Waals surface area contributed by atoms with E-state index in [2.05, 4.69) is 9.69 Å². The average molecular weight is 284 g/mol. The van der Waals surface area contributed by atoms with Gasteiger partial charge in [0, 0.05) is 20.6 Å². The predicted molar refractivity (Wildman–Crippen MR) is 74.9 cm³/mol. The minimum atomic E-state index is -0.280. The fraction of sp³-hybridized carbons (Fsp3) is 0.692. The van der Waals surface area contributed by atoms with Crippen LogP contribution in [0, 0.1) is 6.92 Å².